The number of benzene rings is 3. The van der Waals surface area contributed by atoms with Gasteiger partial charge in [-0.2, -0.15) is 5.26 Å². The fourth-order valence-corrected chi connectivity index (χ4v) is 5.38. The lowest BCUT2D eigenvalue weighted by molar-refractivity contribution is -0.275. The lowest BCUT2D eigenvalue weighted by Gasteiger charge is -2.13. The standard InChI is InChI=1S/C34H11F5N6O/c1-16-5-6-18(9-24(16)35)30-32(27(15-42)44-3)21-11-19-20(12-22(21)33(30)45-4)31(26(14-41)43-2)29(23(19)13-40)17-7-8-28(25(36)10-17)46-34(37,38)39/h5-12H,1H3/b31-26+,32-27-. The molecule has 2 aliphatic rings. The third kappa shape index (κ3) is 4.80. The number of nitriles is 3. The molecule has 0 heterocycles. The van der Waals surface area contributed by atoms with E-state index in [9.17, 15) is 37.7 Å². The predicted octanol–water partition coefficient (Wildman–Crippen LogP) is 8.73. The number of nitrogens with zero attached hydrogens (tertiary/aromatic N) is 6. The molecular formula is C34H11F5N6O. The molecule has 0 spiro atoms. The second kappa shape index (κ2) is 11.3. The van der Waals surface area contributed by atoms with Crippen molar-refractivity contribution in [2.45, 2.75) is 13.3 Å². The van der Waals surface area contributed by atoms with E-state index in [0.29, 0.717) is 17.7 Å². The molecule has 0 saturated heterocycles. The summed E-state index contributed by atoms with van der Waals surface area (Å²) < 4.78 is 71.5. The predicted molar refractivity (Wildman–Crippen MR) is 155 cm³/mol. The average molecular weight is 614 g/mol. The maximum Gasteiger partial charge on any atom is 0.573 e. The van der Waals surface area contributed by atoms with E-state index in [4.69, 9.17) is 19.7 Å². The van der Waals surface area contributed by atoms with Crippen molar-refractivity contribution in [2.75, 3.05) is 0 Å². The smallest absolute Gasteiger partial charge is 0.403 e. The van der Waals surface area contributed by atoms with Crippen LogP contribution in [0.1, 0.15) is 38.9 Å². The van der Waals surface area contributed by atoms with Crippen LogP contribution in [0.2, 0.25) is 0 Å². The van der Waals surface area contributed by atoms with Gasteiger partial charge in [0.15, 0.2) is 11.6 Å². The normalized spacial score (nSPS) is 15.4. The van der Waals surface area contributed by atoms with Crippen LogP contribution in [-0.4, -0.2) is 6.36 Å². The quantitative estimate of drug-likeness (QED) is 0.168. The van der Waals surface area contributed by atoms with Gasteiger partial charge >= 0.3 is 6.36 Å². The molecule has 0 aromatic heterocycles. The molecule has 0 radical (unpaired) electrons. The van der Waals surface area contributed by atoms with Gasteiger partial charge in [-0.15, -0.1) is 13.2 Å². The SMILES string of the molecule is [C-]#[N+]C1=C(c2ccc(C)c(F)c2)/C(=C(/C#N)[N+]#[C-])c2cc3c(cc21)/C(=C(/C#N)[N+]#[C-])C(c1ccc(OC(F)(F)F)c(F)c1)=C3C#N. The molecule has 0 fully saturated rings. The van der Waals surface area contributed by atoms with Gasteiger partial charge in [-0.05, 0) is 86.9 Å². The maximum atomic E-state index is 14.8. The van der Waals surface area contributed by atoms with Crippen molar-refractivity contribution in [3.63, 3.8) is 0 Å². The Bertz CT molecular complexity index is 2290. The molecule has 3 aromatic rings. The van der Waals surface area contributed by atoms with Crippen molar-refractivity contribution >= 4 is 33.6 Å². The van der Waals surface area contributed by atoms with Crippen molar-refractivity contribution in [1.29, 1.82) is 15.8 Å². The highest BCUT2D eigenvalue weighted by molar-refractivity contribution is 6.29. The Morgan fingerprint density at radius 3 is 1.80 bits per heavy atom. The summed E-state index contributed by atoms with van der Waals surface area (Å²) in [4.78, 5) is 10.2. The number of rotatable bonds is 3. The number of ether oxygens (including phenoxy) is 1. The Morgan fingerprint density at radius 2 is 1.28 bits per heavy atom. The Balaban J connectivity index is 1.86. The lowest BCUT2D eigenvalue weighted by Crippen LogP contribution is -2.18. The van der Waals surface area contributed by atoms with Gasteiger partial charge in [0, 0.05) is 5.57 Å². The fourth-order valence-electron chi connectivity index (χ4n) is 5.38. The van der Waals surface area contributed by atoms with Gasteiger partial charge in [-0.3, -0.25) is 0 Å². The van der Waals surface area contributed by atoms with Gasteiger partial charge in [-0.25, -0.2) is 33.8 Å². The Kier molecular flexibility index (Phi) is 7.46. The van der Waals surface area contributed by atoms with Crippen molar-refractivity contribution in [3.05, 3.63) is 145 Å². The van der Waals surface area contributed by atoms with Crippen molar-refractivity contribution in [3.8, 4) is 24.0 Å². The van der Waals surface area contributed by atoms with Crippen LogP contribution in [0.15, 0.2) is 59.9 Å². The minimum Gasteiger partial charge on any atom is -0.403 e. The molecule has 0 amide bonds. The largest absolute Gasteiger partial charge is 0.573 e. The molecule has 0 saturated carbocycles. The Hall–Kier alpha value is -6.99. The highest BCUT2D eigenvalue weighted by Crippen LogP contribution is 2.55. The summed E-state index contributed by atoms with van der Waals surface area (Å²) in [6.45, 7) is 24.8. The molecule has 218 valence electrons. The topological polar surface area (TPSA) is 93.7 Å². The van der Waals surface area contributed by atoms with E-state index in [1.165, 1.54) is 31.2 Å². The van der Waals surface area contributed by atoms with E-state index in [0.717, 1.165) is 12.1 Å². The number of aryl methyl sites for hydroxylation is 1. The number of hydrogen-bond acceptors (Lipinski definition) is 4. The van der Waals surface area contributed by atoms with Crippen molar-refractivity contribution in [1.82, 2.24) is 0 Å². The summed E-state index contributed by atoms with van der Waals surface area (Å²) in [5.41, 5.74) is -0.653. The van der Waals surface area contributed by atoms with Crippen LogP contribution in [0.4, 0.5) is 22.0 Å². The van der Waals surface area contributed by atoms with Crippen LogP contribution in [0.3, 0.4) is 0 Å². The minimum atomic E-state index is -5.19. The van der Waals surface area contributed by atoms with Gasteiger partial charge < -0.3 is 4.74 Å². The zero-order valence-electron chi connectivity index (χ0n) is 23.1. The van der Waals surface area contributed by atoms with Crippen molar-refractivity contribution < 1.29 is 26.7 Å². The van der Waals surface area contributed by atoms with Gasteiger partial charge in [0.05, 0.1) is 37.4 Å². The second-order valence-electron chi connectivity index (χ2n) is 9.69. The molecule has 0 atom stereocenters. The Morgan fingerprint density at radius 1 is 0.739 bits per heavy atom. The minimum absolute atomic E-state index is 0.00814. The first-order chi connectivity index (χ1) is 21.9. The molecular weight excluding hydrogens is 603 g/mol. The second-order valence-corrected chi connectivity index (χ2v) is 9.69. The third-order valence-corrected chi connectivity index (χ3v) is 7.25. The number of allylic oxidation sites excluding steroid dienone is 7. The Labute approximate surface area is 258 Å². The molecule has 0 aliphatic heterocycles. The summed E-state index contributed by atoms with van der Waals surface area (Å²) >= 11 is 0. The van der Waals surface area contributed by atoms with E-state index >= 15 is 0 Å². The zero-order chi connectivity index (χ0) is 33.5. The average Bonchev–Trinajstić information content (AvgIpc) is 3.51. The molecule has 3 aromatic carbocycles. The first-order valence-corrected chi connectivity index (χ1v) is 12.7. The number of hydrogen-bond donors (Lipinski definition) is 0. The fraction of sp³-hybridized carbons (Fsp3) is 0.0588. The van der Waals surface area contributed by atoms with Crippen LogP contribution in [-0.2, 0) is 0 Å². The molecule has 7 nitrogen and oxygen atoms in total. The van der Waals surface area contributed by atoms with Gasteiger partial charge in [0.25, 0.3) is 11.4 Å². The molecule has 12 heteroatoms. The van der Waals surface area contributed by atoms with Crippen LogP contribution >= 0.6 is 0 Å². The first-order valence-electron chi connectivity index (χ1n) is 12.7. The summed E-state index contributed by atoms with van der Waals surface area (Å²) in [6.07, 6.45) is -5.19. The maximum absolute atomic E-state index is 14.8. The van der Waals surface area contributed by atoms with Crippen molar-refractivity contribution in [2.24, 2.45) is 0 Å². The highest BCUT2D eigenvalue weighted by Gasteiger charge is 2.38. The number of fused-ring (bicyclic) bond motifs is 2. The summed E-state index contributed by atoms with van der Waals surface area (Å²) in [5, 5.41) is 30.0. The number of halogens is 5. The van der Waals surface area contributed by atoms with E-state index in [1.54, 1.807) is 12.1 Å². The van der Waals surface area contributed by atoms with Crippen LogP contribution in [0.25, 0.3) is 48.1 Å². The van der Waals surface area contributed by atoms with E-state index < -0.39 is 35.1 Å². The van der Waals surface area contributed by atoms with E-state index in [2.05, 4.69) is 19.3 Å². The van der Waals surface area contributed by atoms with Crippen LogP contribution in [0, 0.1) is 72.3 Å². The van der Waals surface area contributed by atoms with Crippen LogP contribution < -0.4 is 4.74 Å². The molecule has 0 N–H and O–H groups in total. The summed E-state index contributed by atoms with van der Waals surface area (Å²) in [6, 6.07) is 14.8. The van der Waals surface area contributed by atoms with Gasteiger partial charge in [0.2, 0.25) is 5.70 Å². The van der Waals surface area contributed by atoms with E-state index in [-0.39, 0.29) is 66.9 Å². The molecule has 0 unspecified atom stereocenters. The van der Waals surface area contributed by atoms with Gasteiger partial charge in [0.1, 0.15) is 11.9 Å². The number of alkyl halides is 3. The molecule has 5 rings (SSSR count). The molecule has 2 aliphatic carbocycles. The van der Waals surface area contributed by atoms with Crippen LogP contribution in [0.5, 0.6) is 5.75 Å². The first kappa shape index (κ1) is 30.5. The third-order valence-electron chi connectivity index (χ3n) is 7.25. The highest BCUT2D eigenvalue weighted by atomic mass is 19.4. The summed E-state index contributed by atoms with van der Waals surface area (Å²) in [5.74, 6) is -3.19. The lowest BCUT2D eigenvalue weighted by atomic mass is 9.91. The monoisotopic (exact) mass is 614 g/mol. The van der Waals surface area contributed by atoms with E-state index in [1.807, 2.05) is 6.07 Å². The molecule has 46 heavy (non-hydrogen) atoms. The molecule has 0 bridgehead atoms. The van der Waals surface area contributed by atoms with Gasteiger partial charge in [-0.1, -0.05) is 24.3 Å². The summed E-state index contributed by atoms with van der Waals surface area (Å²) in [7, 11) is 0. The zero-order valence-corrected chi connectivity index (χ0v) is 23.1.